The summed E-state index contributed by atoms with van der Waals surface area (Å²) in [5.41, 5.74) is 0.951. The molecule has 140 valence electrons. The average molecular weight is 357 g/mol. The lowest BCUT2D eigenvalue weighted by Gasteiger charge is -2.43. The van der Waals surface area contributed by atoms with E-state index in [9.17, 15) is 0 Å². The number of hydrogen-bond acceptors (Lipinski definition) is 6. The third-order valence-electron chi connectivity index (χ3n) is 5.17. The fraction of sp³-hybridized carbons (Fsp3) is 0.579. The Labute approximate surface area is 154 Å². The minimum Gasteiger partial charge on any atom is -0.377 e. The van der Waals surface area contributed by atoms with Crippen molar-refractivity contribution in [2.45, 2.75) is 18.7 Å². The molecule has 0 amide bonds. The molecule has 2 aliphatic rings. The predicted molar refractivity (Wildman–Crippen MR) is 97.5 cm³/mol. The van der Waals surface area contributed by atoms with Gasteiger partial charge < -0.3 is 14.0 Å². The van der Waals surface area contributed by atoms with Crippen molar-refractivity contribution in [1.82, 2.24) is 24.3 Å². The van der Waals surface area contributed by atoms with Crippen LogP contribution in [-0.4, -0.2) is 75.9 Å². The van der Waals surface area contributed by atoms with E-state index in [-0.39, 0.29) is 5.60 Å². The first-order valence-corrected chi connectivity index (χ1v) is 9.24. The maximum atomic E-state index is 6.28. The molecule has 7 heteroatoms. The van der Waals surface area contributed by atoms with Gasteiger partial charge in [0, 0.05) is 64.6 Å². The molecule has 2 fully saturated rings. The van der Waals surface area contributed by atoms with Crippen LogP contribution in [-0.2, 0) is 29.6 Å². The van der Waals surface area contributed by atoms with Crippen LogP contribution in [0.2, 0.25) is 0 Å². The van der Waals surface area contributed by atoms with Gasteiger partial charge in [-0.05, 0) is 11.6 Å². The third-order valence-corrected chi connectivity index (χ3v) is 5.17. The smallest absolute Gasteiger partial charge is 0.122 e. The van der Waals surface area contributed by atoms with E-state index in [0.717, 1.165) is 58.3 Å². The van der Waals surface area contributed by atoms with Gasteiger partial charge in [0.2, 0.25) is 0 Å². The molecule has 0 aliphatic carbocycles. The minimum absolute atomic E-state index is 0.276. The molecule has 7 nitrogen and oxygen atoms in total. The second-order valence-electron chi connectivity index (χ2n) is 7.32. The first kappa shape index (κ1) is 17.6. The molecule has 1 unspecified atom stereocenters. The predicted octanol–water partition coefficient (Wildman–Crippen LogP) is 0.919. The number of aryl methyl sites for hydroxylation is 1. The summed E-state index contributed by atoms with van der Waals surface area (Å²) in [5, 5.41) is 0. The molecule has 4 rings (SSSR count). The number of rotatable bonds is 4. The summed E-state index contributed by atoms with van der Waals surface area (Å²) < 4.78 is 14.3. The van der Waals surface area contributed by atoms with Crippen molar-refractivity contribution in [3.63, 3.8) is 0 Å². The van der Waals surface area contributed by atoms with Gasteiger partial charge >= 0.3 is 0 Å². The summed E-state index contributed by atoms with van der Waals surface area (Å²) in [6.45, 7) is 7.42. The third kappa shape index (κ3) is 4.12. The molecule has 0 saturated carbocycles. The number of ether oxygens (including phenoxy) is 2. The lowest BCUT2D eigenvalue weighted by atomic mass is 10.0. The van der Waals surface area contributed by atoms with Gasteiger partial charge in [0.15, 0.2) is 0 Å². The molecular formula is C19H27N5O2. The first-order chi connectivity index (χ1) is 12.7. The van der Waals surface area contributed by atoms with Gasteiger partial charge in [0.05, 0.1) is 26.4 Å². The zero-order valence-corrected chi connectivity index (χ0v) is 15.4. The van der Waals surface area contributed by atoms with Gasteiger partial charge in [-0.25, -0.2) is 4.98 Å². The number of pyridine rings is 1. The topological polar surface area (TPSA) is 55.7 Å². The molecule has 0 bridgehead atoms. The highest BCUT2D eigenvalue weighted by atomic mass is 16.5. The Balaban J connectivity index is 1.44. The second-order valence-corrected chi connectivity index (χ2v) is 7.32. The average Bonchev–Trinajstić information content (AvgIpc) is 2.94. The molecule has 1 atom stereocenters. The minimum atomic E-state index is -0.276. The Bertz CT molecular complexity index is 707. The summed E-state index contributed by atoms with van der Waals surface area (Å²) in [4.78, 5) is 13.6. The summed E-state index contributed by atoms with van der Waals surface area (Å²) in [6.07, 6.45) is 7.61. The molecule has 2 aromatic rings. The van der Waals surface area contributed by atoms with Crippen LogP contribution in [0.3, 0.4) is 0 Å². The van der Waals surface area contributed by atoms with Crippen LogP contribution in [0.1, 0.15) is 11.4 Å². The Morgan fingerprint density at radius 1 is 1.12 bits per heavy atom. The first-order valence-electron chi connectivity index (χ1n) is 9.24. The van der Waals surface area contributed by atoms with E-state index in [0.29, 0.717) is 6.61 Å². The fourth-order valence-corrected chi connectivity index (χ4v) is 3.86. The van der Waals surface area contributed by atoms with Gasteiger partial charge in [-0.1, -0.05) is 6.07 Å². The van der Waals surface area contributed by atoms with Crippen LogP contribution in [0.4, 0.5) is 0 Å². The highest BCUT2D eigenvalue weighted by Gasteiger charge is 2.40. The van der Waals surface area contributed by atoms with E-state index >= 15 is 0 Å². The standard InChI is InChI=1S/C19H27N5O2/c1-22-6-5-21-18(22)13-24-8-10-26-19(15-24)14-23(7-9-25-16-19)12-17-3-2-4-20-11-17/h2-6,11H,7-10,12-16H2,1H3. The van der Waals surface area contributed by atoms with E-state index in [4.69, 9.17) is 9.47 Å². The van der Waals surface area contributed by atoms with Gasteiger partial charge in [-0.3, -0.25) is 14.8 Å². The number of imidazole rings is 1. The largest absolute Gasteiger partial charge is 0.377 e. The summed E-state index contributed by atoms with van der Waals surface area (Å²) in [7, 11) is 2.04. The van der Waals surface area contributed by atoms with E-state index < -0.39 is 0 Å². The summed E-state index contributed by atoms with van der Waals surface area (Å²) in [5.74, 6) is 1.09. The Morgan fingerprint density at radius 2 is 1.96 bits per heavy atom. The van der Waals surface area contributed by atoms with Crippen molar-refractivity contribution in [2.75, 3.05) is 46.0 Å². The fourth-order valence-electron chi connectivity index (χ4n) is 3.86. The summed E-state index contributed by atoms with van der Waals surface area (Å²) >= 11 is 0. The van der Waals surface area contributed by atoms with Crippen molar-refractivity contribution in [3.8, 4) is 0 Å². The zero-order chi connectivity index (χ0) is 17.8. The highest BCUT2D eigenvalue weighted by Crippen LogP contribution is 2.24. The number of aromatic nitrogens is 3. The van der Waals surface area contributed by atoms with Crippen LogP contribution < -0.4 is 0 Å². The van der Waals surface area contributed by atoms with Crippen molar-refractivity contribution in [1.29, 1.82) is 0 Å². The Hall–Kier alpha value is -1.80. The molecule has 2 aliphatic heterocycles. The second kappa shape index (κ2) is 7.84. The molecular weight excluding hydrogens is 330 g/mol. The van der Waals surface area contributed by atoms with E-state index in [1.165, 1.54) is 5.56 Å². The molecule has 4 heterocycles. The van der Waals surface area contributed by atoms with Crippen LogP contribution in [0.25, 0.3) is 0 Å². The molecule has 1 spiro atoms. The van der Waals surface area contributed by atoms with E-state index in [1.807, 2.05) is 37.9 Å². The van der Waals surface area contributed by atoms with Crippen LogP contribution in [0.15, 0.2) is 36.9 Å². The quantitative estimate of drug-likeness (QED) is 0.811. The van der Waals surface area contributed by atoms with Gasteiger partial charge in [-0.2, -0.15) is 0 Å². The van der Waals surface area contributed by atoms with Crippen molar-refractivity contribution >= 4 is 0 Å². The zero-order valence-electron chi connectivity index (χ0n) is 15.4. The number of morpholine rings is 1. The molecule has 2 saturated heterocycles. The van der Waals surface area contributed by atoms with Gasteiger partial charge in [0.1, 0.15) is 11.4 Å². The molecule has 0 radical (unpaired) electrons. The Kier molecular flexibility index (Phi) is 5.31. The van der Waals surface area contributed by atoms with Crippen molar-refractivity contribution in [2.24, 2.45) is 7.05 Å². The maximum absolute atomic E-state index is 6.28. The number of hydrogen-bond donors (Lipinski definition) is 0. The van der Waals surface area contributed by atoms with E-state index in [1.54, 1.807) is 0 Å². The highest BCUT2D eigenvalue weighted by molar-refractivity contribution is 5.09. The lowest BCUT2D eigenvalue weighted by molar-refractivity contribution is -0.143. The monoisotopic (exact) mass is 357 g/mol. The van der Waals surface area contributed by atoms with Crippen LogP contribution >= 0.6 is 0 Å². The Morgan fingerprint density at radius 3 is 2.73 bits per heavy atom. The van der Waals surface area contributed by atoms with Crippen molar-refractivity contribution < 1.29 is 9.47 Å². The van der Waals surface area contributed by atoms with Crippen molar-refractivity contribution in [3.05, 3.63) is 48.3 Å². The van der Waals surface area contributed by atoms with Gasteiger partial charge in [0.25, 0.3) is 0 Å². The molecule has 0 aromatic carbocycles. The normalized spacial score (nSPS) is 25.4. The maximum Gasteiger partial charge on any atom is 0.122 e. The van der Waals surface area contributed by atoms with Crippen LogP contribution in [0, 0.1) is 0 Å². The molecule has 0 N–H and O–H groups in total. The van der Waals surface area contributed by atoms with Crippen LogP contribution in [0.5, 0.6) is 0 Å². The molecule has 26 heavy (non-hydrogen) atoms. The van der Waals surface area contributed by atoms with E-state index in [2.05, 4.69) is 30.4 Å². The SMILES string of the molecule is Cn1ccnc1CN1CCOC2(COCCN(Cc3cccnc3)C2)C1. The van der Waals surface area contributed by atoms with Gasteiger partial charge in [-0.15, -0.1) is 0 Å². The summed E-state index contributed by atoms with van der Waals surface area (Å²) in [6, 6.07) is 4.12. The molecule has 2 aromatic heterocycles. The number of nitrogens with zero attached hydrogens (tertiary/aromatic N) is 5. The lowest BCUT2D eigenvalue weighted by Crippen LogP contribution is -2.58.